The summed E-state index contributed by atoms with van der Waals surface area (Å²) in [5.41, 5.74) is 0. The second kappa shape index (κ2) is 4.87. The molecule has 0 aromatic carbocycles. The van der Waals surface area contributed by atoms with Gasteiger partial charge in [-0.15, -0.1) is 0 Å². The van der Waals surface area contributed by atoms with Gasteiger partial charge in [0.2, 0.25) is 0 Å². The van der Waals surface area contributed by atoms with Gasteiger partial charge in [-0.2, -0.15) is 0 Å². The van der Waals surface area contributed by atoms with E-state index in [4.69, 9.17) is 0 Å². The molecule has 0 saturated heterocycles. The Morgan fingerprint density at radius 2 is 1.00 bits per heavy atom. The predicted molar refractivity (Wildman–Crippen MR) is 65.5 cm³/mol. The van der Waals surface area contributed by atoms with E-state index in [0.717, 1.165) is 0 Å². The minimum absolute atomic E-state index is 1.22. The number of hydrogen-bond donors (Lipinski definition) is 0. The van der Waals surface area contributed by atoms with Crippen LogP contribution in [0, 0.1) is 30.0 Å². The molecule has 0 heterocycles. The molecule has 0 fully saturated rings. The zero-order chi connectivity index (χ0) is 10.8. The van der Waals surface area contributed by atoms with Gasteiger partial charge in [0.05, 0.1) is 0 Å². The molecule has 0 bridgehead atoms. The Labute approximate surface area is 109 Å². The van der Waals surface area contributed by atoms with Gasteiger partial charge in [0.1, 0.15) is 0 Å². The van der Waals surface area contributed by atoms with E-state index in [2.05, 4.69) is 54.7 Å². The van der Waals surface area contributed by atoms with Crippen molar-refractivity contribution in [3.63, 3.8) is 0 Å². The van der Waals surface area contributed by atoms with Crippen molar-refractivity contribution >= 4 is 0 Å². The Balaban J connectivity index is 1.89. The zero-order valence-electron chi connectivity index (χ0n) is 9.39. The zero-order valence-corrected chi connectivity index (χ0v) is 13.0. The van der Waals surface area contributed by atoms with Gasteiger partial charge in [-0.25, -0.2) is 0 Å². The molecule has 0 saturated carbocycles. The predicted octanol–water partition coefficient (Wildman–Crippen LogP) is 4.14. The van der Waals surface area contributed by atoms with Crippen molar-refractivity contribution in [1.82, 2.24) is 0 Å². The number of hydrogen-bond acceptors (Lipinski definition) is 0. The van der Waals surface area contributed by atoms with E-state index in [-0.39, 0.29) is 0 Å². The average molecular weight is 334 g/mol. The Morgan fingerprint density at radius 1 is 0.625 bits per heavy atom. The van der Waals surface area contributed by atoms with E-state index < -0.39 is 30.0 Å². The quantitative estimate of drug-likeness (QED) is 0.728. The van der Waals surface area contributed by atoms with Gasteiger partial charge in [0.15, 0.2) is 0 Å². The molecule has 3 aliphatic carbocycles. The summed E-state index contributed by atoms with van der Waals surface area (Å²) in [6.45, 7) is 0. The van der Waals surface area contributed by atoms with Gasteiger partial charge < -0.3 is 0 Å². The van der Waals surface area contributed by atoms with Gasteiger partial charge in [0.25, 0.3) is 0 Å². The van der Waals surface area contributed by atoms with Crippen LogP contribution in [0.25, 0.3) is 0 Å². The summed E-state index contributed by atoms with van der Waals surface area (Å²) in [4.78, 5) is 0. The fourth-order valence-corrected chi connectivity index (χ4v) is 13.6. The fraction of sp³-hybridized carbons (Fsp3) is 0.200. The first-order valence-corrected chi connectivity index (χ1v) is 11.5. The summed E-state index contributed by atoms with van der Waals surface area (Å²) in [5.74, 6) is 0. The fourth-order valence-electron chi connectivity index (χ4n) is 2.75. The van der Waals surface area contributed by atoms with Crippen LogP contribution < -0.4 is 0 Å². The van der Waals surface area contributed by atoms with Crippen molar-refractivity contribution in [2.24, 2.45) is 0 Å². The molecule has 0 N–H and O–H groups in total. The molecular formula is C15H15La. The summed E-state index contributed by atoms with van der Waals surface area (Å²) >= 11 is -1.93. The van der Waals surface area contributed by atoms with Crippen molar-refractivity contribution in [3.8, 4) is 0 Å². The molecule has 78 valence electrons. The number of allylic oxidation sites excluding steroid dienone is 12. The molecular weight excluding hydrogens is 319 g/mol. The third-order valence-corrected chi connectivity index (χ3v) is 14.5. The van der Waals surface area contributed by atoms with Crippen LogP contribution in [0.15, 0.2) is 60.6 Å². The first-order chi connectivity index (χ1) is 7.95. The van der Waals surface area contributed by atoms with Gasteiger partial charge in [-0.3, -0.25) is 0 Å². The van der Waals surface area contributed by atoms with Crippen LogP contribution in [-0.2, 0) is 0 Å². The van der Waals surface area contributed by atoms with Crippen LogP contribution in [0.1, 0.15) is 19.3 Å². The van der Waals surface area contributed by atoms with E-state index >= 15 is 0 Å². The molecule has 0 aromatic rings. The Bertz CT molecular complexity index is 398. The Morgan fingerprint density at radius 3 is 1.25 bits per heavy atom. The molecule has 0 radical (unpaired) electrons. The van der Waals surface area contributed by atoms with Gasteiger partial charge in [0, 0.05) is 0 Å². The van der Waals surface area contributed by atoms with E-state index in [1.807, 2.05) is 0 Å². The topological polar surface area (TPSA) is 0 Å². The van der Waals surface area contributed by atoms with Gasteiger partial charge in [-0.05, 0) is 0 Å². The van der Waals surface area contributed by atoms with Gasteiger partial charge in [-0.1, -0.05) is 0 Å². The molecule has 0 unspecified atom stereocenters. The summed E-state index contributed by atoms with van der Waals surface area (Å²) < 4.78 is 5.35. The summed E-state index contributed by atoms with van der Waals surface area (Å²) in [5, 5.41) is 0. The van der Waals surface area contributed by atoms with E-state index in [1.54, 1.807) is 5.93 Å². The molecule has 3 aliphatic rings. The van der Waals surface area contributed by atoms with Crippen molar-refractivity contribution in [3.05, 3.63) is 60.6 Å². The molecule has 0 spiro atoms. The maximum atomic E-state index is 2.39. The summed E-state index contributed by atoms with van der Waals surface area (Å²) in [6.07, 6.45) is 24.5. The second-order valence-corrected chi connectivity index (χ2v) is 14.3. The Kier molecular flexibility index (Phi) is 3.28. The molecule has 0 nitrogen and oxygen atoms in total. The first kappa shape index (κ1) is 10.8. The average Bonchev–Trinajstić information content (AvgIpc) is 3.02. The van der Waals surface area contributed by atoms with E-state index in [0.29, 0.717) is 0 Å². The second-order valence-electron chi connectivity index (χ2n) is 4.55. The summed E-state index contributed by atoms with van der Waals surface area (Å²) in [6, 6.07) is 0. The van der Waals surface area contributed by atoms with Crippen molar-refractivity contribution in [1.29, 1.82) is 0 Å². The van der Waals surface area contributed by atoms with Crippen LogP contribution in [0.3, 0.4) is 0 Å². The number of rotatable bonds is 3. The SMILES string of the molecule is C1=CC[C]([La]([C]2=CC=CC2)[C]2=CC=CC2)=C1. The Hall–Kier alpha value is -0.365. The van der Waals surface area contributed by atoms with Crippen LogP contribution in [0.5, 0.6) is 0 Å². The summed E-state index contributed by atoms with van der Waals surface area (Å²) in [7, 11) is 0. The normalized spacial score (nSPS) is 21.4. The van der Waals surface area contributed by atoms with Crippen molar-refractivity contribution in [2.45, 2.75) is 19.3 Å². The molecule has 0 amide bonds. The van der Waals surface area contributed by atoms with Crippen LogP contribution in [0.2, 0.25) is 0 Å². The minimum atomic E-state index is -1.93. The monoisotopic (exact) mass is 334 g/mol. The standard InChI is InChI=1S/3C5H5.La/c3*1-2-4-5-3-1;/h3*1-3H,4H2;. The molecule has 0 atom stereocenters. The maximum absolute atomic E-state index is 2.39. The van der Waals surface area contributed by atoms with Crippen molar-refractivity contribution in [2.75, 3.05) is 0 Å². The molecule has 16 heavy (non-hydrogen) atoms. The van der Waals surface area contributed by atoms with Gasteiger partial charge >= 0.3 is 110 Å². The van der Waals surface area contributed by atoms with Crippen LogP contribution >= 0.6 is 0 Å². The van der Waals surface area contributed by atoms with E-state index in [9.17, 15) is 0 Å². The van der Waals surface area contributed by atoms with Crippen LogP contribution in [0.4, 0.5) is 0 Å². The van der Waals surface area contributed by atoms with Crippen LogP contribution in [-0.4, -0.2) is 0 Å². The molecule has 1 heteroatoms. The molecule has 0 aromatic heterocycles. The van der Waals surface area contributed by atoms with E-state index in [1.165, 1.54) is 19.3 Å². The molecule has 0 aliphatic heterocycles. The first-order valence-electron chi connectivity index (χ1n) is 6.02. The molecule has 3 rings (SSSR count). The third kappa shape index (κ3) is 2.04. The van der Waals surface area contributed by atoms with Crippen molar-refractivity contribution < 1.29 is 30.0 Å². The third-order valence-electron chi connectivity index (χ3n) is 3.51.